The molecule has 0 spiro atoms. The van der Waals surface area contributed by atoms with Gasteiger partial charge in [-0.15, -0.1) is 6.58 Å². The zero-order valence-corrected chi connectivity index (χ0v) is 18.3. The molecule has 0 bridgehead atoms. The summed E-state index contributed by atoms with van der Waals surface area (Å²) in [6, 6.07) is 24.5. The second kappa shape index (κ2) is 10.1. The van der Waals surface area contributed by atoms with Crippen LogP contribution in [0.1, 0.15) is 35.3 Å². The van der Waals surface area contributed by atoms with Gasteiger partial charge in [0.1, 0.15) is 0 Å². The van der Waals surface area contributed by atoms with Crippen molar-refractivity contribution in [3.8, 4) is 0 Å². The Hall–Kier alpha value is -3.38. The second-order valence-electron chi connectivity index (χ2n) is 7.03. The molecule has 0 aliphatic carbocycles. The molecule has 6 heteroatoms. The Morgan fingerprint density at radius 1 is 0.968 bits per heavy atom. The van der Waals surface area contributed by atoms with Crippen molar-refractivity contribution >= 4 is 21.6 Å². The molecule has 0 heterocycles. The first kappa shape index (κ1) is 22.3. The van der Waals surface area contributed by atoms with E-state index in [1.807, 2.05) is 37.3 Å². The summed E-state index contributed by atoms with van der Waals surface area (Å²) in [7, 11) is -3.75. The van der Waals surface area contributed by atoms with Crippen molar-refractivity contribution in [3.05, 3.63) is 109 Å². The van der Waals surface area contributed by atoms with Crippen LogP contribution in [0.3, 0.4) is 0 Å². The fraction of sp³-hybridized carbons (Fsp3) is 0.160. The molecule has 0 unspecified atom stereocenters. The van der Waals surface area contributed by atoms with Gasteiger partial charge >= 0.3 is 0 Å². The molecule has 0 aliphatic rings. The van der Waals surface area contributed by atoms with Gasteiger partial charge in [0.2, 0.25) is 0 Å². The Balaban J connectivity index is 1.82. The van der Waals surface area contributed by atoms with Gasteiger partial charge in [0.25, 0.3) is 15.9 Å². The predicted molar refractivity (Wildman–Crippen MR) is 125 cm³/mol. The minimum atomic E-state index is -3.75. The van der Waals surface area contributed by atoms with Crippen LogP contribution in [0.5, 0.6) is 0 Å². The van der Waals surface area contributed by atoms with Crippen LogP contribution in [-0.2, 0) is 10.0 Å². The topological polar surface area (TPSA) is 66.5 Å². The molecule has 0 saturated carbocycles. The normalized spacial score (nSPS) is 12.0. The standard InChI is InChI=1S/C25H26N2O3S/c1-3-19-27(31(29,30)23-13-9-6-10-14-23)22-17-15-21(16-18-22)25(28)26-24(4-2)20-11-7-5-8-12-20/h3,5-18,24H,1,4,19H2,2H3,(H,26,28)/t24-/m0/s1. The number of rotatable bonds is 9. The van der Waals surface area contributed by atoms with Crippen molar-refractivity contribution in [1.82, 2.24) is 5.32 Å². The van der Waals surface area contributed by atoms with E-state index < -0.39 is 10.0 Å². The molecule has 3 aromatic carbocycles. The molecular formula is C25H26N2O3S. The molecule has 31 heavy (non-hydrogen) atoms. The molecule has 3 rings (SSSR count). The quantitative estimate of drug-likeness (QED) is 0.485. The van der Waals surface area contributed by atoms with Crippen LogP contribution in [0, 0.1) is 0 Å². The van der Waals surface area contributed by atoms with Gasteiger partial charge in [-0.3, -0.25) is 9.10 Å². The number of anilines is 1. The van der Waals surface area contributed by atoms with Crippen molar-refractivity contribution in [3.63, 3.8) is 0 Å². The highest BCUT2D eigenvalue weighted by Crippen LogP contribution is 2.24. The SMILES string of the molecule is C=CCN(c1ccc(C(=O)N[C@@H](CC)c2ccccc2)cc1)S(=O)(=O)c1ccccc1. The van der Waals surface area contributed by atoms with Gasteiger partial charge in [-0.05, 0) is 48.4 Å². The fourth-order valence-corrected chi connectivity index (χ4v) is 4.76. The largest absolute Gasteiger partial charge is 0.345 e. The molecule has 0 saturated heterocycles. The number of amides is 1. The number of nitrogens with one attached hydrogen (secondary N) is 1. The summed E-state index contributed by atoms with van der Waals surface area (Å²) >= 11 is 0. The molecule has 1 amide bonds. The Morgan fingerprint density at radius 3 is 2.10 bits per heavy atom. The Morgan fingerprint density at radius 2 is 1.55 bits per heavy atom. The van der Waals surface area contributed by atoms with E-state index in [4.69, 9.17) is 0 Å². The van der Waals surface area contributed by atoms with Crippen molar-refractivity contribution < 1.29 is 13.2 Å². The molecule has 0 aromatic heterocycles. The van der Waals surface area contributed by atoms with Gasteiger partial charge in [-0.25, -0.2) is 8.42 Å². The van der Waals surface area contributed by atoms with E-state index in [0.717, 1.165) is 12.0 Å². The van der Waals surface area contributed by atoms with E-state index in [0.29, 0.717) is 11.3 Å². The number of hydrogen-bond acceptors (Lipinski definition) is 3. The highest BCUT2D eigenvalue weighted by molar-refractivity contribution is 7.92. The Bertz CT molecular complexity index is 1110. The average molecular weight is 435 g/mol. The lowest BCUT2D eigenvalue weighted by Crippen LogP contribution is -2.31. The highest BCUT2D eigenvalue weighted by atomic mass is 32.2. The first-order valence-electron chi connectivity index (χ1n) is 10.1. The summed E-state index contributed by atoms with van der Waals surface area (Å²) in [5.74, 6) is -0.205. The number of nitrogens with zero attached hydrogens (tertiary/aromatic N) is 1. The zero-order valence-electron chi connectivity index (χ0n) is 17.4. The van der Waals surface area contributed by atoms with Gasteiger partial charge in [0, 0.05) is 5.56 Å². The Kier molecular flexibility index (Phi) is 7.26. The lowest BCUT2D eigenvalue weighted by Gasteiger charge is -2.23. The van der Waals surface area contributed by atoms with Crippen molar-refractivity contribution in [2.45, 2.75) is 24.3 Å². The number of carbonyl (C=O) groups excluding carboxylic acids is 1. The van der Waals surface area contributed by atoms with Crippen molar-refractivity contribution in [1.29, 1.82) is 0 Å². The molecule has 0 aliphatic heterocycles. The molecule has 3 aromatic rings. The number of hydrogen-bond donors (Lipinski definition) is 1. The van der Waals surface area contributed by atoms with E-state index in [2.05, 4.69) is 11.9 Å². The minimum absolute atomic E-state index is 0.0934. The van der Waals surface area contributed by atoms with Crippen LogP contribution in [-0.4, -0.2) is 20.9 Å². The summed E-state index contributed by atoms with van der Waals surface area (Å²) in [6.07, 6.45) is 2.29. The summed E-state index contributed by atoms with van der Waals surface area (Å²) in [5.41, 5.74) is 1.98. The maximum absolute atomic E-state index is 13.1. The lowest BCUT2D eigenvalue weighted by molar-refractivity contribution is 0.0935. The summed E-state index contributed by atoms with van der Waals surface area (Å²) in [6.45, 7) is 5.82. The first-order valence-corrected chi connectivity index (χ1v) is 11.6. The smallest absolute Gasteiger partial charge is 0.264 e. The van der Waals surface area contributed by atoms with Gasteiger partial charge in [0.15, 0.2) is 0 Å². The minimum Gasteiger partial charge on any atom is -0.345 e. The summed E-state index contributed by atoms with van der Waals surface area (Å²) in [5, 5.41) is 3.04. The third-order valence-corrected chi connectivity index (χ3v) is 6.77. The molecule has 160 valence electrons. The summed E-state index contributed by atoms with van der Waals surface area (Å²) < 4.78 is 27.4. The van der Waals surface area contributed by atoms with Crippen molar-refractivity contribution in [2.24, 2.45) is 0 Å². The number of sulfonamides is 1. The van der Waals surface area contributed by atoms with Crippen LogP contribution in [0.4, 0.5) is 5.69 Å². The lowest BCUT2D eigenvalue weighted by atomic mass is 10.0. The maximum atomic E-state index is 13.1. The highest BCUT2D eigenvalue weighted by Gasteiger charge is 2.24. The summed E-state index contributed by atoms with van der Waals surface area (Å²) in [4.78, 5) is 13.0. The van der Waals surface area contributed by atoms with E-state index in [1.54, 1.807) is 54.6 Å². The molecule has 0 radical (unpaired) electrons. The number of carbonyl (C=O) groups is 1. The van der Waals surface area contributed by atoms with Crippen LogP contribution in [0.15, 0.2) is 102 Å². The maximum Gasteiger partial charge on any atom is 0.264 e. The van der Waals surface area contributed by atoms with E-state index >= 15 is 0 Å². The fourth-order valence-electron chi connectivity index (χ4n) is 3.31. The monoisotopic (exact) mass is 434 g/mol. The van der Waals surface area contributed by atoms with Gasteiger partial charge in [0.05, 0.1) is 23.2 Å². The van der Waals surface area contributed by atoms with Crippen LogP contribution in [0.25, 0.3) is 0 Å². The van der Waals surface area contributed by atoms with Gasteiger partial charge < -0.3 is 5.32 Å². The third-order valence-electron chi connectivity index (χ3n) is 4.96. The van der Waals surface area contributed by atoms with Crippen LogP contribution >= 0.6 is 0 Å². The second-order valence-corrected chi connectivity index (χ2v) is 8.89. The number of benzene rings is 3. The third kappa shape index (κ3) is 5.22. The Labute approximate surface area is 184 Å². The predicted octanol–water partition coefficient (Wildman–Crippen LogP) is 4.95. The zero-order chi connectivity index (χ0) is 22.3. The van der Waals surface area contributed by atoms with Crippen molar-refractivity contribution in [2.75, 3.05) is 10.8 Å². The van der Waals surface area contributed by atoms with E-state index in [1.165, 1.54) is 10.4 Å². The molecule has 1 N–H and O–H groups in total. The molecule has 0 fully saturated rings. The van der Waals surface area contributed by atoms with Gasteiger partial charge in [-0.1, -0.05) is 61.5 Å². The van der Waals surface area contributed by atoms with Crippen LogP contribution in [0.2, 0.25) is 0 Å². The molecule has 1 atom stereocenters. The molecule has 5 nitrogen and oxygen atoms in total. The average Bonchev–Trinajstić information content (AvgIpc) is 2.82. The molecular weight excluding hydrogens is 408 g/mol. The van der Waals surface area contributed by atoms with E-state index in [-0.39, 0.29) is 23.4 Å². The van der Waals surface area contributed by atoms with Crippen LogP contribution < -0.4 is 9.62 Å². The first-order chi connectivity index (χ1) is 15.0. The van der Waals surface area contributed by atoms with Gasteiger partial charge in [-0.2, -0.15) is 0 Å². The van der Waals surface area contributed by atoms with E-state index in [9.17, 15) is 13.2 Å².